The summed E-state index contributed by atoms with van der Waals surface area (Å²) in [6.07, 6.45) is 3.33. The van der Waals surface area contributed by atoms with Crippen LogP contribution in [0.2, 0.25) is 0 Å². The maximum atomic E-state index is 12.1. The first kappa shape index (κ1) is 16.2. The smallest absolute Gasteiger partial charge is 0.240 e. The lowest BCUT2D eigenvalue weighted by molar-refractivity contribution is -0.126. The van der Waals surface area contributed by atoms with Gasteiger partial charge in [0, 0.05) is 18.3 Å². The minimum Gasteiger partial charge on any atom is -0.350 e. The predicted octanol–water partition coefficient (Wildman–Crippen LogP) is 2.88. The van der Waals surface area contributed by atoms with Gasteiger partial charge >= 0.3 is 0 Å². The Balaban J connectivity index is 2.04. The number of carbonyl (C=O) groups is 1. The largest absolute Gasteiger partial charge is 0.350 e. The number of hydrogen-bond donors (Lipinski definition) is 2. The van der Waals surface area contributed by atoms with E-state index < -0.39 is 5.54 Å². The summed E-state index contributed by atoms with van der Waals surface area (Å²) in [4.78, 5) is 16.5. The van der Waals surface area contributed by atoms with Crippen LogP contribution in [0.25, 0.3) is 11.3 Å². The molecule has 0 saturated heterocycles. The van der Waals surface area contributed by atoms with Crippen molar-refractivity contribution in [1.29, 1.82) is 0 Å². The third kappa shape index (κ3) is 4.15. The van der Waals surface area contributed by atoms with Crippen LogP contribution in [0.15, 0.2) is 48.7 Å². The van der Waals surface area contributed by atoms with Crippen LogP contribution in [0.5, 0.6) is 0 Å². The number of amides is 1. The normalized spacial score (nSPS) is 13.4. The number of nitrogens with two attached hydrogens (primary N) is 1. The molecule has 0 aliphatic carbocycles. The van der Waals surface area contributed by atoms with Gasteiger partial charge in [0.05, 0.1) is 11.2 Å². The van der Waals surface area contributed by atoms with Gasteiger partial charge in [0.1, 0.15) is 0 Å². The third-order valence-electron chi connectivity index (χ3n) is 3.63. The van der Waals surface area contributed by atoms with Crippen LogP contribution in [-0.2, 0) is 11.3 Å². The van der Waals surface area contributed by atoms with Gasteiger partial charge in [0.15, 0.2) is 0 Å². The summed E-state index contributed by atoms with van der Waals surface area (Å²) in [5.74, 6) is -0.113. The molecule has 1 aromatic heterocycles. The van der Waals surface area contributed by atoms with Crippen molar-refractivity contribution in [2.24, 2.45) is 5.73 Å². The summed E-state index contributed by atoms with van der Waals surface area (Å²) >= 11 is 0. The lowest BCUT2D eigenvalue weighted by Crippen LogP contribution is -2.51. The molecule has 22 heavy (non-hydrogen) atoms. The fourth-order valence-corrected chi connectivity index (χ4v) is 2.39. The summed E-state index contributed by atoms with van der Waals surface area (Å²) < 4.78 is 0. The molecule has 1 aromatic carbocycles. The van der Waals surface area contributed by atoms with Crippen LogP contribution < -0.4 is 11.1 Å². The first-order valence-electron chi connectivity index (χ1n) is 7.60. The Bertz CT molecular complexity index is 623. The van der Waals surface area contributed by atoms with E-state index in [-0.39, 0.29) is 5.91 Å². The summed E-state index contributed by atoms with van der Waals surface area (Å²) in [7, 11) is 0. The number of carbonyl (C=O) groups excluding carboxylic acids is 1. The zero-order chi connectivity index (χ0) is 16.0. The van der Waals surface area contributed by atoms with E-state index in [0.29, 0.717) is 13.0 Å². The highest BCUT2D eigenvalue weighted by Crippen LogP contribution is 2.18. The van der Waals surface area contributed by atoms with Crippen molar-refractivity contribution in [3.05, 3.63) is 54.2 Å². The van der Waals surface area contributed by atoms with Gasteiger partial charge in [-0.25, -0.2) is 0 Å². The molecule has 0 radical (unpaired) electrons. The van der Waals surface area contributed by atoms with Crippen molar-refractivity contribution in [3.63, 3.8) is 0 Å². The summed E-state index contributed by atoms with van der Waals surface area (Å²) in [5, 5.41) is 2.92. The molecule has 0 spiro atoms. The minimum atomic E-state index is -0.812. The van der Waals surface area contributed by atoms with E-state index in [4.69, 9.17) is 5.73 Å². The van der Waals surface area contributed by atoms with Crippen LogP contribution in [-0.4, -0.2) is 16.4 Å². The molecule has 2 rings (SSSR count). The molecular weight excluding hydrogens is 274 g/mol. The highest BCUT2D eigenvalue weighted by Gasteiger charge is 2.26. The van der Waals surface area contributed by atoms with Crippen LogP contribution >= 0.6 is 0 Å². The average molecular weight is 297 g/mol. The van der Waals surface area contributed by atoms with Crippen molar-refractivity contribution in [3.8, 4) is 11.3 Å². The van der Waals surface area contributed by atoms with Crippen LogP contribution in [0, 0.1) is 0 Å². The number of rotatable bonds is 6. The number of hydrogen-bond acceptors (Lipinski definition) is 3. The van der Waals surface area contributed by atoms with Gasteiger partial charge in [-0.1, -0.05) is 37.6 Å². The second-order valence-electron chi connectivity index (χ2n) is 5.77. The molecule has 1 heterocycles. The highest BCUT2D eigenvalue weighted by molar-refractivity contribution is 5.85. The SMILES string of the molecule is CCCC(C)(N)C(=O)NCc1cccc(-c2ccccn2)c1. The first-order valence-corrected chi connectivity index (χ1v) is 7.60. The molecular formula is C18H23N3O. The van der Waals surface area contributed by atoms with Crippen molar-refractivity contribution >= 4 is 5.91 Å². The van der Waals surface area contributed by atoms with E-state index in [0.717, 1.165) is 23.2 Å². The van der Waals surface area contributed by atoms with Gasteiger partial charge in [-0.15, -0.1) is 0 Å². The molecule has 0 fully saturated rings. The van der Waals surface area contributed by atoms with E-state index in [1.54, 1.807) is 13.1 Å². The van der Waals surface area contributed by atoms with E-state index in [2.05, 4.69) is 10.3 Å². The van der Waals surface area contributed by atoms with E-state index in [1.807, 2.05) is 49.4 Å². The number of benzene rings is 1. The fraction of sp³-hybridized carbons (Fsp3) is 0.333. The fourth-order valence-electron chi connectivity index (χ4n) is 2.39. The van der Waals surface area contributed by atoms with Crippen molar-refractivity contribution in [2.45, 2.75) is 38.8 Å². The highest BCUT2D eigenvalue weighted by atomic mass is 16.2. The predicted molar refractivity (Wildman–Crippen MR) is 89.0 cm³/mol. The number of nitrogens with zero attached hydrogens (tertiary/aromatic N) is 1. The van der Waals surface area contributed by atoms with Gasteiger partial charge in [0.25, 0.3) is 0 Å². The zero-order valence-electron chi connectivity index (χ0n) is 13.2. The molecule has 4 heteroatoms. The molecule has 116 valence electrons. The standard InChI is InChI=1S/C18H23N3O/c1-3-10-18(2,19)17(22)21-13-14-7-6-8-15(12-14)16-9-4-5-11-20-16/h4-9,11-12H,3,10,13,19H2,1-2H3,(H,21,22). The maximum Gasteiger partial charge on any atom is 0.240 e. The topological polar surface area (TPSA) is 68.0 Å². The quantitative estimate of drug-likeness (QED) is 0.861. The van der Waals surface area contributed by atoms with Crippen molar-refractivity contribution in [1.82, 2.24) is 10.3 Å². The molecule has 1 unspecified atom stereocenters. The molecule has 0 bridgehead atoms. The van der Waals surface area contributed by atoms with Crippen LogP contribution in [0.1, 0.15) is 32.3 Å². The average Bonchev–Trinajstić information content (AvgIpc) is 2.53. The Labute approximate surface area is 131 Å². The van der Waals surface area contributed by atoms with Gasteiger partial charge < -0.3 is 11.1 Å². The van der Waals surface area contributed by atoms with Gasteiger partial charge in [0.2, 0.25) is 5.91 Å². The van der Waals surface area contributed by atoms with Crippen molar-refractivity contribution < 1.29 is 4.79 Å². The minimum absolute atomic E-state index is 0.113. The summed E-state index contributed by atoms with van der Waals surface area (Å²) in [5.41, 5.74) is 8.21. The van der Waals surface area contributed by atoms with Gasteiger partial charge in [-0.3, -0.25) is 9.78 Å². The van der Waals surface area contributed by atoms with Crippen LogP contribution in [0.3, 0.4) is 0 Å². The molecule has 4 nitrogen and oxygen atoms in total. The molecule has 2 aromatic rings. The lowest BCUT2D eigenvalue weighted by Gasteiger charge is -2.22. The van der Waals surface area contributed by atoms with E-state index in [1.165, 1.54) is 0 Å². The molecule has 3 N–H and O–H groups in total. The van der Waals surface area contributed by atoms with Crippen LogP contribution in [0.4, 0.5) is 0 Å². The molecule has 0 aliphatic rings. The molecule has 1 atom stereocenters. The Kier molecular flexibility index (Phi) is 5.28. The second kappa shape index (κ2) is 7.18. The number of aromatic nitrogens is 1. The van der Waals surface area contributed by atoms with Gasteiger partial charge in [-0.05, 0) is 37.1 Å². The van der Waals surface area contributed by atoms with E-state index >= 15 is 0 Å². The summed E-state index contributed by atoms with van der Waals surface area (Å²) in [6.45, 7) is 4.26. The second-order valence-corrected chi connectivity index (χ2v) is 5.77. The maximum absolute atomic E-state index is 12.1. The molecule has 0 aliphatic heterocycles. The van der Waals surface area contributed by atoms with Gasteiger partial charge in [-0.2, -0.15) is 0 Å². The Morgan fingerprint density at radius 2 is 2.09 bits per heavy atom. The first-order chi connectivity index (χ1) is 10.5. The Hall–Kier alpha value is -2.20. The summed E-state index contributed by atoms with van der Waals surface area (Å²) in [6, 6.07) is 13.8. The number of nitrogens with one attached hydrogen (secondary N) is 1. The lowest BCUT2D eigenvalue weighted by atomic mass is 9.96. The molecule has 0 saturated carbocycles. The Morgan fingerprint density at radius 1 is 1.27 bits per heavy atom. The third-order valence-corrected chi connectivity index (χ3v) is 3.63. The number of pyridine rings is 1. The van der Waals surface area contributed by atoms with E-state index in [9.17, 15) is 4.79 Å². The molecule has 1 amide bonds. The monoisotopic (exact) mass is 297 g/mol. The van der Waals surface area contributed by atoms with Crippen molar-refractivity contribution in [2.75, 3.05) is 0 Å². The zero-order valence-corrected chi connectivity index (χ0v) is 13.2. The Morgan fingerprint density at radius 3 is 2.77 bits per heavy atom.